The molecule has 1 N–H and O–H groups in total. The first kappa shape index (κ1) is 11.9. The Morgan fingerprint density at radius 3 is 2.67 bits per heavy atom. The van der Waals surface area contributed by atoms with Crippen molar-refractivity contribution in [3.63, 3.8) is 0 Å². The molecular formula is C10H14ClNO3. The standard InChI is InChI=1S/C10H14ClNO3/c1-6-7(2)12-8(10(13)14-3)9(6)15-5-4-11/h12H,4-5H2,1-3H3. The first-order valence-electron chi connectivity index (χ1n) is 4.58. The molecule has 0 radical (unpaired) electrons. The number of esters is 1. The number of hydrogen-bond acceptors (Lipinski definition) is 3. The molecule has 1 aromatic heterocycles. The summed E-state index contributed by atoms with van der Waals surface area (Å²) < 4.78 is 10.0. The van der Waals surface area contributed by atoms with E-state index in [1.165, 1.54) is 7.11 Å². The lowest BCUT2D eigenvalue weighted by Crippen LogP contribution is -2.07. The van der Waals surface area contributed by atoms with E-state index in [0.29, 0.717) is 23.9 Å². The Morgan fingerprint density at radius 1 is 1.47 bits per heavy atom. The summed E-state index contributed by atoms with van der Waals surface area (Å²) in [5.74, 6) is 0.473. The number of nitrogens with one attached hydrogen (secondary N) is 1. The van der Waals surface area contributed by atoms with Crippen molar-refractivity contribution in [1.82, 2.24) is 4.98 Å². The van der Waals surface area contributed by atoms with Crippen LogP contribution in [0.5, 0.6) is 5.75 Å². The third-order valence-corrected chi connectivity index (χ3v) is 2.31. The molecule has 1 rings (SSSR count). The molecule has 0 amide bonds. The van der Waals surface area contributed by atoms with Gasteiger partial charge in [0.2, 0.25) is 0 Å². The maximum absolute atomic E-state index is 11.4. The topological polar surface area (TPSA) is 51.3 Å². The van der Waals surface area contributed by atoms with Crippen LogP contribution in [0.3, 0.4) is 0 Å². The molecule has 0 spiro atoms. The number of hydrogen-bond donors (Lipinski definition) is 1. The Morgan fingerprint density at radius 2 is 2.13 bits per heavy atom. The minimum atomic E-state index is -0.434. The van der Waals surface area contributed by atoms with Crippen molar-refractivity contribution in [3.8, 4) is 5.75 Å². The van der Waals surface area contributed by atoms with Crippen LogP contribution in [-0.2, 0) is 4.74 Å². The lowest BCUT2D eigenvalue weighted by Gasteiger charge is -2.05. The Labute approximate surface area is 93.5 Å². The van der Waals surface area contributed by atoms with Crippen molar-refractivity contribution in [2.75, 3.05) is 19.6 Å². The largest absolute Gasteiger partial charge is 0.490 e. The van der Waals surface area contributed by atoms with Gasteiger partial charge in [-0.1, -0.05) is 0 Å². The number of carbonyl (C=O) groups is 1. The highest BCUT2D eigenvalue weighted by Crippen LogP contribution is 2.26. The van der Waals surface area contributed by atoms with Gasteiger partial charge in [-0.3, -0.25) is 0 Å². The van der Waals surface area contributed by atoms with Gasteiger partial charge in [0, 0.05) is 11.3 Å². The van der Waals surface area contributed by atoms with Crippen LogP contribution in [0.1, 0.15) is 21.7 Å². The summed E-state index contributed by atoms with van der Waals surface area (Å²) in [6.07, 6.45) is 0. The first-order chi connectivity index (χ1) is 7.11. The van der Waals surface area contributed by atoms with Gasteiger partial charge in [-0.25, -0.2) is 4.79 Å². The van der Waals surface area contributed by atoms with Crippen LogP contribution in [0.25, 0.3) is 0 Å². The number of ether oxygens (including phenoxy) is 2. The molecule has 0 unspecified atom stereocenters. The smallest absolute Gasteiger partial charge is 0.358 e. The molecule has 0 saturated carbocycles. The van der Waals surface area contributed by atoms with Gasteiger partial charge >= 0.3 is 5.97 Å². The summed E-state index contributed by atoms with van der Waals surface area (Å²) in [6, 6.07) is 0. The molecule has 1 aromatic rings. The molecule has 4 nitrogen and oxygen atoms in total. The van der Waals surface area contributed by atoms with Crippen LogP contribution < -0.4 is 4.74 Å². The van der Waals surface area contributed by atoms with E-state index in [1.54, 1.807) is 0 Å². The van der Waals surface area contributed by atoms with E-state index in [9.17, 15) is 4.79 Å². The fourth-order valence-electron chi connectivity index (χ4n) is 1.26. The summed E-state index contributed by atoms with van der Waals surface area (Å²) in [7, 11) is 1.33. The Kier molecular flexibility index (Phi) is 4.03. The molecule has 15 heavy (non-hydrogen) atoms. The zero-order valence-corrected chi connectivity index (χ0v) is 9.77. The maximum Gasteiger partial charge on any atom is 0.358 e. The number of methoxy groups -OCH3 is 1. The second-order valence-corrected chi connectivity index (χ2v) is 3.49. The molecule has 0 aliphatic heterocycles. The lowest BCUT2D eigenvalue weighted by molar-refractivity contribution is 0.0590. The predicted octanol–water partition coefficient (Wildman–Crippen LogP) is 2.04. The average Bonchev–Trinajstić information content (AvgIpc) is 2.52. The Bertz CT molecular complexity index is 360. The number of rotatable bonds is 4. The van der Waals surface area contributed by atoms with Gasteiger partial charge in [-0.2, -0.15) is 0 Å². The zero-order valence-electron chi connectivity index (χ0n) is 9.02. The van der Waals surface area contributed by atoms with E-state index < -0.39 is 5.97 Å². The molecule has 0 atom stereocenters. The molecule has 0 aliphatic rings. The van der Waals surface area contributed by atoms with E-state index in [2.05, 4.69) is 9.72 Å². The fourth-order valence-corrected chi connectivity index (χ4v) is 1.34. The quantitative estimate of drug-likeness (QED) is 0.637. The lowest BCUT2D eigenvalue weighted by atomic mass is 10.2. The fraction of sp³-hybridized carbons (Fsp3) is 0.500. The van der Waals surface area contributed by atoms with Crippen LogP contribution in [0, 0.1) is 13.8 Å². The van der Waals surface area contributed by atoms with Crippen molar-refractivity contribution in [2.45, 2.75) is 13.8 Å². The van der Waals surface area contributed by atoms with Crippen LogP contribution in [0.2, 0.25) is 0 Å². The van der Waals surface area contributed by atoms with E-state index >= 15 is 0 Å². The van der Waals surface area contributed by atoms with Gasteiger partial charge in [-0.15, -0.1) is 11.6 Å². The molecule has 0 aliphatic carbocycles. The number of alkyl halides is 1. The summed E-state index contributed by atoms with van der Waals surface area (Å²) in [5, 5.41) is 0. The maximum atomic E-state index is 11.4. The molecule has 0 fully saturated rings. The number of aromatic amines is 1. The molecule has 0 saturated heterocycles. The highest BCUT2D eigenvalue weighted by Gasteiger charge is 2.19. The number of halogens is 1. The second-order valence-electron chi connectivity index (χ2n) is 3.11. The number of aromatic nitrogens is 1. The summed E-state index contributed by atoms with van der Waals surface area (Å²) in [6.45, 7) is 4.11. The SMILES string of the molecule is COC(=O)c1[nH]c(C)c(C)c1OCCCl. The van der Waals surface area contributed by atoms with E-state index in [-0.39, 0.29) is 0 Å². The zero-order chi connectivity index (χ0) is 11.4. The number of carbonyl (C=O) groups excluding carboxylic acids is 1. The molecule has 0 bridgehead atoms. The third-order valence-electron chi connectivity index (χ3n) is 2.16. The van der Waals surface area contributed by atoms with Crippen LogP contribution >= 0.6 is 11.6 Å². The Hall–Kier alpha value is -1.16. The first-order valence-corrected chi connectivity index (χ1v) is 5.11. The third kappa shape index (κ3) is 2.45. The van der Waals surface area contributed by atoms with Crippen molar-refractivity contribution in [3.05, 3.63) is 17.0 Å². The van der Waals surface area contributed by atoms with Crippen molar-refractivity contribution in [2.24, 2.45) is 0 Å². The van der Waals surface area contributed by atoms with E-state index in [0.717, 1.165) is 11.3 Å². The van der Waals surface area contributed by atoms with Gasteiger partial charge in [0.05, 0.1) is 13.0 Å². The highest BCUT2D eigenvalue weighted by molar-refractivity contribution is 6.18. The number of aryl methyl sites for hydroxylation is 1. The minimum Gasteiger partial charge on any atom is -0.490 e. The van der Waals surface area contributed by atoms with Crippen LogP contribution in [0.4, 0.5) is 0 Å². The van der Waals surface area contributed by atoms with Crippen molar-refractivity contribution in [1.29, 1.82) is 0 Å². The van der Waals surface area contributed by atoms with Crippen LogP contribution in [-0.4, -0.2) is 30.5 Å². The van der Waals surface area contributed by atoms with Gasteiger partial charge in [0.15, 0.2) is 11.4 Å². The summed E-state index contributed by atoms with van der Waals surface area (Å²) >= 11 is 5.52. The van der Waals surface area contributed by atoms with E-state index in [1.807, 2.05) is 13.8 Å². The van der Waals surface area contributed by atoms with Crippen molar-refractivity contribution >= 4 is 17.6 Å². The molecule has 5 heteroatoms. The minimum absolute atomic E-state index is 0.345. The summed E-state index contributed by atoms with van der Waals surface area (Å²) in [5.41, 5.74) is 2.14. The average molecular weight is 232 g/mol. The van der Waals surface area contributed by atoms with E-state index in [4.69, 9.17) is 16.3 Å². The summed E-state index contributed by atoms with van der Waals surface area (Å²) in [4.78, 5) is 14.3. The number of H-pyrrole nitrogens is 1. The highest BCUT2D eigenvalue weighted by atomic mass is 35.5. The monoisotopic (exact) mass is 231 g/mol. The molecule has 84 valence electrons. The molecule has 0 aromatic carbocycles. The van der Waals surface area contributed by atoms with Gasteiger partial charge < -0.3 is 14.5 Å². The van der Waals surface area contributed by atoms with Crippen LogP contribution in [0.15, 0.2) is 0 Å². The van der Waals surface area contributed by atoms with Crippen molar-refractivity contribution < 1.29 is 14.3 Å². The van der Waals surface area contributed by atoms with Gasteiger partial charge in [0.1, 0.15) is 6.61 Å². The normalized spacial score (nSPS) is 10.1. The predicted molar refractivity (Wildman–Crippen MR) is 57.8 cm³/mol. The second kappa shape index (κ2) is 5.07. The van der Waals surface area contributed by atoms with Gasteiger partial charge in [0.25, 0.3) is 0 Å². The Balaban J connectivity index is 3.03. The molecule has 1 heterocycles. The molecular weight excluding hydrogens is 218 g/mol. The van der Waals surface area contributed by atoms with Gasteiger partial charge in [-0.05, 0) is 13.8 Å².